The van der Waals surface area contributed by atoms with Crippen LogP contribution in [0.25, 0.3) is 0 Å². The summed E-state index contributed by atoms with van der Waals surface area (Å²) in [6, 6.07) is 6.45. The molecule has 0 radical (unpaired) electrons. The predicted molar refractivity (Wildman–Crippen MR) is 81.2 cm³/mol. The number of nitrogens with one attached hydrogen (secondary N) is 1. The number of aliphatic hydroxyl groups excluding tert-OH is 1. The summed E-state index contributed by atoms with van der Waals surface area (Å²) < 4.78 is 27.4. The van der Waals surface area contributed by atoms with Gasteiger partial charge in [0.1, 0.15) is 0 Å². The molecule has 4 nitrogen and oxygen atoms in total. The molecule has 0 aliphatic heterocycles. The second-order valence-corrected chi connectivity index (χ2v) is 8.30. The number of benzene rings is 1. The van der Waals surface area contributed by atoms with Gasteiger partial charge in [0.2, 0.25) is 10.0 Å². The van der Waals surface area contributed by atoms with Crippen molar-refractivity contribution >= 4 is 10.0 Å². The van der Waals surface area contributed by atoms with Crippen LogP contribution in [0.4, 0.5) is 0 Å². The molecule has 0 heterocycles. The van der Waals surface area contributed by atoms with Crippen LogP contribution in [0.3, 0.4) is 0 Å². The molecule has 3 rings (SSSR count). The Kier molecular flexibility index (Phi) is 4.08. The SMILES string of the molecule is CC(O)c1ccc(S(=O)(=O)NCC2CC3CCC2C3)cc1. The lowest BCUT2D eigenvalue weighted by Gasteiger charge is -2.21. The molecule has 1 aromatic rings. The van der Waals surface area contributed by atoms with Gasteiger partial charge in [-0.2, -0.15) is 0 Å². The minimum absolute atomic E-state index is 0.273. The highest BCUT2D eigenvalue weighted by Crippen LogP contribution is 2.48. The van der Waals surface area contributed by atoms with Crippen molar-refractivity contribution in [1.29, 1.82) is 0 Å². The second-order valence-electron chi connectivity index (χ2n) is 6.53. The predicted octanol–water partition coefficient (Wildman–Crippen LogP) is 2.45. The van der Waals surface area contributed by atoms with E-state index in [0.29, 0.717) is 12.5 Å². The quantitative estimate of drug-likeness (QED) is 0.878. The van der Waals surface area contributed by atoms with Gasteiger partial charge in [-0.3, -0.25) is 0 Å². The summed E-state index contributed by atoms with van der Waals surface area (Å²) in [6.07, 6.45) is 4.47. The Hall–Kier alpha value is -0.910. The van der Waals surface area contributed by atoms with Gasteiger partial charge in [0.05, 0.1) is 11.0 Å². The van der Waals surface area contributed by atoms with Gasteiger partial charge in [-0.25, -0.2) is 13.1 Å². The average Bonchev–Trinajstić information content (AvgIpc) is 3.08. The van der Waals surface area contributed by atoms with Crippen LogP contribution in [0, 0.1) is 17.8 Å². The lowest BCUT2D eigenvalue weighted by atomic mass is 9.89. The summed E-state index contributed by atoms with van der Waals surface area (Å²) >= 11 is 0. The molecule has 4 unspecified atom stereocenters. The molecule has 2 fully saturated rings. The fourth-order valence-electron chi connectivity index (χ4n) is 3.85. The topological polar surface area (TPSA) is 66.4 Å². The van der Waals surface area contributed by atoms with Crippen molar-refractivity contribution in [2.75, 3.05) is 6.54 Å². The van der Waals surface area contributed by atoms with E-state index in [0.717, 1.165) is 17.4 Å². The highest BCUT2D eigenvalue weighted by molar-refractivity contribution is 7.89. The molecule has 2 saturated carbocycles. The highest BCUT2D eigenvalue weighted by atomic mass is 32.2. The molecule has 2 bridgehead atoms. The summed E-state index contributed by atoms with van der Waals surface area (Å²) in [5, 5.41) is 9.46. The van der Waals surface area contributed by atoms with Gasteiger partial charge in [-0.05, 0) is 61.6 Å². The number of aliphatic hydroxyl groups is 1. The molecule has 2 aliphatic carbocycles. The third-order valence-electron chi connectivity index (χ3n) is 5.09. The van der Waals surface area contributed by atoms with E-state index in [4.69, 9.17) is 0 Å². The molecule has 2 N–H and O–H groups in total. The van der Waals surface area contributed by atoms with E-state index in [-0.39, 0.29) is 4.90 Å². The van der Waals surface area contributed by atoms with Crippen LogP contribution in [0.5, 0.6) is 0 Å². The first kappa shape index (κ1) is 15.0. The number of fused-ring (bicyclic) bond motifs is 2. The zero-order chi connectivity index (χ0) is 15.0. The Morgan fingerprint density at radius 1 is 1.24 bits per heavy atom. The molecule has 21 heavy (non-hydrogen) atoms. The van der Waals surface area contributed by atoms with E-state index in [9.17, 15) is 13.5 Å². The van der Waals surface area contributed by atoms with Crippen LogP contribution < -0.4 is 4.72 Å². The Balaban J connectivity index is 1.63. The number of rotatable bonds is 5. The summed E-state index contributed by atoms with van der Waals surface area (Å²) in [5.74, 6) is 2.06. The summed E-state index contributed by atoms with van der Waals surface area (Å²) in [4.78, 5) is 0.273. The Morgan fingerprint density at radius 2 is 1.95 bits per heavy atom. The summed E-state index contributed by atoms with van der Waals surface area (Å²) in [7, 11) is -3.44. The molecule has 116 valence electrons. The van der Waals surface area contributed by atoms with Crippen LogP contribution in [0.15, 0.2) is 29.2 Å². The van der Waals surface area contributed by atoms with E-state index in [1.165, 1.54) is 25.7 Å². The third kappa shape index (κ3) is 3.15. The first-order valence-electron chi connectivity index (χ1n) is 7.73. The van der Waals surface area contributed by atoms with Crippen LogP contribution in [0.2, 0.25) is 0 Å². The maximum atomic E-state index is 12.3. The molecule has 0 amide bonds. The minimum Gasteiger partial charge on any atom is -0.389 e. The molecule has 0 aromatic heterocycles. The second kappa shape index (κ2) is 5.71. The van der Waals surface area contributed by atoms with E-state index in [2.05, 4.69) is 4.72 Å². The summed E-state index contributed by atoms with van der Waals surface area (Å²) in [6.45, 7) is 2.22. The smallest absolute Gasteiger partial charge is 0.240 e. The lowest BCUT2D eigenvalue weighted by Crippen LogP contribution is -2.31. The van der Waals surface area contributed by atoms with Crippen molar-refractivity contribution in [2.24, 2.45) is 17.8 Å². The third-order valence-corrected chi connectivity index (χ3v) is 6.53. The van der Waals surface area contributed by atoms with E-state index in [1.54, 1.807) is 31.2 Å². The molecule has 1 aromatic carbocycles. The van der Waals surface area contributed by atoms with Gasteiger partial charge in [-0.1, -0.05) is 18.6 Å². The number of sulfonamides is 1. The van der Waals surface area contributed by atoms with Gasteiger partial charge < -0.3 is 5.11 Å². The Morgan fingerprint density at radius 3 is 2.48 bits per heavy atom. The van der Waals surface area contributed by atoms with Crippen molar-refractivity contribution in [1.82, 2.24) is 4.72 Å². The van der Waals surface area contributed by atoms with Crippen LogP contribution in [-0.2, 0) is 10.0 Å². The standard InChI is InChI=1S/C16H23NO3S/c1-11(18)13-4-6-16(7-5-13)21(19,20)17-10-15-9-12-2-3-14(15)8-12/h4-7,11-12,14-15,17-18H,2-3,8-10H2,1H3. The number of hydrogen-bond donors (Lipinski definition) is 2. The first-order valence-corrected chi connectivity index (χ1v) is 9.21. The molecular weight excluding hydrogens is 286 g/mol. The largest absolute Gasteiger partial charge is 0.389 e. The molecule has 0 spiro atoms. The molecular formula is C16H23NO3S. The van der Waals surface area contributed by atoms with Crippen molar-refractivity contribution in [3.05, 3.63) is 29.8 Å². The zero-order valence-electron chi connectivity index (χ0n) is 12.3. The maximum Gasteiger partial charge on any atom is 0.240 e. The van der Waals surface area contributed by atoms with Crippen molar-refractivity contribution in [3.63, 3.8) is 0 Å². The normalized spacial score (nSPS) is 29.7. The van der Waals surface area contributed by atoms with E-state index >= 15 is 0 Å². The van der Waals surface area contributed by atoms with Gasteiger partial charge in [0.15, 0.2) is 0 Å². The van der Waals surface area contributed by atoms with Gasteiger partial charge in [0, 0.05) is 6.54 Å². The van der Waals surface area contributed by atoms with Crippen LogP contribution in [0.1, 0.15) is 44.3 Å². The molecule has 2 aliphatic rings. The van der Waals surface area contributed by atoms with Gasteiger partial charge >= 0.3 is 0 Å². The van der Waals surface area contributed by atoms with Crippen molar-refractivity contribution in [2.45, 2.75) is 43.6 Å². The first-order chi connectivity index (χ1) is 9.95. The molecule has 0 saturated heterocycles. The summed E-state index contributed by atoms with van der Waals surface area (Å²) in [5.41, 5.74) is 0.724. The zero-order valence-corrected chi connectivity index (χ0v) is 13.1. The van der Waals surface area contributed by atoms with E-state index < -0.39 is 16.1 Å². The highest BCUT2D eigenvalue weighted by Gasteiger charge is 2.39. The Labute approximate surface area is 126 Å². The fourth-order valence-corrected chi connectivity index (χ4v) is 4.95. The number of hydrogen-bond acceptors (Lipinski definition) is 3. The van der Waals surface area contributed by atoms with Crippen LogP contribution in [-0.4, -0.2) is 20.1 Å². The lowest BCUT2D eigenvalue weighted by molar-refractivity contribution is 0.199. The van der Waals surface area contributed by atoms with Gasteiger partial charge in [-0.15, -0.1) is 0 Å². The maximum absolute atomic E-state index is 12.3. The van der Waals surface area contributed by atoms with Crippen molar-refractivity contribution < 1.29 is 13.5 Å². The van der Waals surface area contributed by atoms with Crippen LogP contribution >= 0.6 is 0 Å². The van der Waals surface area contributed by atoms with E-state index in [1.807, 2.05) is 0 Å². The average molecular weight is 309 g/mol. The molecule has 5 heteroatoms. The monoisotopic (exact) mass is 309 g/mol. The minimum atomic E-state index is -3.44. The molecule has 4 atom stereocenters. The fraction of sp³-hybridized carbons (Fsp3) is 0.625. The Bertz CT molecular complexity index is 594. The van der Waals surface area contributed by atoms with Gasteiger partial charge in [0.25, 0.3) is 0 Å². The van der Waals surface area contributed by atoms with Crippen molar-refractivity contribution in [3.8, 4) is 0 Å².